The summed E-state index contributed by atoms with van der Waals surface area (Å²) >= 11 is 1.18. The summed E-state index contributed by atoms with van der Waals surface area (Å²) in [5.74, 6) is -0.521. The van der Waals surface area contributed by atoms with Crippen molar-refractivity contribution in [3.63, 3.8) is 0 Å². The number of nitrogens with two attached hydrogens (primary N) is 1. The standard InChI is InChI=1S/C23H35N5O2S/c1-5-14-26(4)22(30)21(24)23(28(6-2)18(3)29)31-25-20-11-9-19(10-12-20)13-17-27-15-7-8-16-27/h5,9-12,25H,1,6-8,13-17,24H2,2-4H3/b23-21+. The number of amides is 2. The van der Waals surface area contributed by atoms with Gasteiger partial charge in [-0.05, 0) is 57.0 Å². The van der Waals surface area contributed by atoms with E-state index in [4.69, 9.17) is 5.73 Å². The highest BCUT2D eigenvalue weighted by molar-refractivity contribution is 8.04. The molecule has 1 aromatic carbocycles. The van der Waals surface area contributed by atoms with Crippen molar-refractivity contribution in [3.05, 3.63) is 53.2 Å². The summed E-state index contributed by atoms with van der Waals surface area (Å²) in [6.07, 6.45) is 5.27. The van der Waals surface area contributed by atoms with Crippen LogP contribution in [0.2, 0.25) is 0 Å². The second kappa shape index (κ2) is 12.4. The fraction of sp³-hybridized carbons (Fsp3) is 0.478. The van der Waals surface area contributed by atoms with E-state index in [1.165, 1.54) is 60.2 Å². The van der Waals surface area contributed by atoms with E-state index in [0.29, 0.717) is 18.1 Å². The van der Waals surface area contributed by atoms with Crippen molar-refractivity contribution in [2.75, 3.05) is 44.5 Å². The summed E-state index contributed by atoms with van der Waals surface area (Å²) < 4.78 is 3.23. The number of nitrogens with one attached hydrogen (secondary N) is 1. The van der Waals surface area contributed by atoms with Crippen LogP contribution in [-0.4, -0.2) is 66.3 Å². The van der Waals surface area contributed by atoms with Crippen molar-refractivity contribution in [2.24, 2.45) is 5.73 Å². The molecule has 2 rings (SSSR count). The molecule has 3 N–H and O–H groups in total. The molecule has 31 heavy (non-hydrogen) atoms. The lowest BCUT2D eigenvalue weighted by Gasteiger charge is -2.25. The number of carbonyl (C=O) groups is 2. The van der Waals surface area contributed by atoms with Crippen LogP contribution in [0.15, 0.2) is 47.6 Å². The quantitative estimate of drug-likeness (QED) is 0.310. The number of benzene rings is 1. The maximum Gasteiger partial charge on any atom is 0.272 e. The summed E-state index contributed by atoms with van der Waals surface area (Å²) in [4.78, 5) is 30.3. The molecule has 0 bridgehead atoms. The molecule has 1 aliphatic heterocycles. The highest BCUT2D eigenvalue weighted by atomic mass is 32.2. The van der Waals surface area contributed by atoms with E-state index in [-0.39, 0.29) is 17.5 Å². The normalized spacial score (nSPS) is 14.7. The van der Waals surface area contributed by atoms with Gasteiger partial charge in [0, 0.05) is 51.2 Å². The molecule has 7 nitrogen and oxygen atoms in total. The van der Waals surface area contributed by atoms with Crippen LogP contribution in [0.25, 0.3) is 0 Å². The molecule has 0 saturated carbocycles. The third-order valence-corrected chi connectivity index (χ3v) is 6.26. The molecule has 0 atom stereocenters. The predicted molar refractivity (Wildman–Crippen MR) is 129 cm³/mol. The summed E-state index contributed by atoms with van der Waals surface area (Å²) in [5.41, 5.74) is 8.39. The van der Waals surface area contributed by atoms with Crippen LogP contribution in [0, 0.1) is 0 Å². The second-order valence-corrected chi connectivity index (χ2v) is 8.45. The van der Waals surface area contributed by atoms with Gasteiger partial charge in [0.2, 0.25) is 5.91 Å². The number of carbonyl (C=O) groups excluding carboxylic acids is 2. The molecule has 170 valence electrons. The number of hydrogen-bond donors (Lipinski definition) is 2. The van der Waals surface area contributed by atoms with E-state index in [1.54, 1.807) is 13.1 Å². The molecular weight excluding hydrogens is 410 g/mol. The largest absolute Gasteiger partial charge is 0.392 e. The Balaban J connectivity index is 2.08. The average molecular weight is 446 g/mol. The number of anilines is 1. The molecule has 1 saturated heterocycles. The zero-order chi connectivity index (χ0) is 22.8. The third kappa shape index (κ3) is 7.33. The maximum absolute atomic E-state index is 12.7. The van der Waals surface area contributed by atoms with Gasteiger partial charge in [-0.3, -0.25) is 9.59 Å². The van der Waals surface area contributed by atoms with E-state index in [9.17, 15) is 9.59 Å². The maximum atomic E-state index is 12.7. The highest BCUT2D eigenvalue weighted by Crippen LogP contribution is 2.26. The van der Waals surface area contributed by atoms with Crippen molar-refractivity contribution < 1.29 is 9.59 Å². The Bertz CT molecular complexity index is 788. The molecule has 1 heterocycles. The molecule has 0 aromatic heterocycles. The molecule has 0 spiro atoms. The molecule has 0 unspecified atom stereocenters. The number of likely N-dealkylation sites (N-methyl/N-ethyl adjacent to an activating group) is 1. The van der Waals surface area contributed by atoms with E-state index >= 15 is 0 Å². The van der Waals surface area contributed by atoms with Crippen molar-refractivity contribution >= 4 is 29.4 Å². The molecule has 1 aliphatic rings. The Kier molecular flexibility index (Phi) is 9.94. The van der Waals surface area contributed by atoms with Crippen molar-refractivity contribution in [1.29, 1.82) is 0 Å². The molecule has 1 aromatic rings. The van der Waals surface area contributed by atoms with Crippen LogP contribution in [0.3, 0.4) is 0 Å². The van der Waals surface area contributed by atoms with E-state index in [0.717, 1.165) is 18.7 Å². The van der Waals surface area contributed by atoms with Crippen LogP contribution in [0.1, 0.15) is 32.3 Å². The topological polar surface area (TPSA) is 81.9 Å². The Morgan fingerprint density at radius 2 is 1.90 bits per heavy atom. The van der Waals surface area contributed by atoms with Gasteiger partial charge in [0.15, 0.2) is 0 Å². The molecule has 1 fully saturated rings. The summed E-state index contributed by atoms with van der Waals surface area (Å²) in [7, 11) is 1.65. The molecule has 0 radical (unpaired) electrons. The van der Waals surface area contributed by atoms with Crippen LogP contribution < -0.4 is 10.5 Å². The number of hydrogen-bond acceptors (Lipinski definition) is 6. The van der Waals surface area contributed by atoms with Gasteiger partial charge in [-0.1, -0.05) is 18.2 Å². The summed E-state index contributed by atoms with van der Waals surface area (Å²) in [6.45, 7) is 11.2. The monoisotopic (exact) mass is 445 g/mol. The van der Waals surface area contributed by atoms with E-state index in [2.05, 4.69) is 28.3 Å². The van der Waals surface area contributed by atoms with Gasteiger partial charge in [0.1, 0.15) is 10.7 Å². The summed E-state index contributed by atoms with van der Waals surface area (Å²) in [6, 6.07) is 8.24. The number of rotatable bonds is 11. The average Bonchev–Trinajstić information content (AvgIpc) is 3.28. The van der Waals surface area contributed by atoms with E-state index in [1.807, 2.05) is 19.1 Å². The Hall–Kier alpha value is -2.45. The first-order valence-corrected chi connectivity index (χ1v) is 11.6. The van der Waals surface area contributed by atoms with Gasteiger partial charge in [-0.25, -0.2) is 0 Å². The Morgan fingerprint density at radius 1 is 1.26 bits per heavy atom. The highest BCUT2D eigenvalue weighted by Gasteiger charge is 2.23. The van der Waals surface area contributed by atoms with Crippen molar-refractivity contribution in [2.45, 2.75) is 33.1 Å². The van der Waals surface area contributed by atoms with Crippen LogP contribution in [0.4, 0.5) is 5.69 Å². The van der Waals surface area contributed by atoms with Gasteiger partial charge in [-0.2, -0.15) is 0 Å². The zero-order valence-corrected chi connectivity index (χ0v) is 19.7. The Labute approximate surface area is 190 Å². The lowest BCUT2D eigenvalue weighted by molar-refractivity contribution is -0.126. The number of nitrogens with zero attached hydrogens (tertiary/aromatic N) is 3. The third-order valence-electron chi connectivity index (χ3n) is 5.29. The molecule has 0 aliphatic carbocycles. The molecule has 2 amide bonds. The smallest absolute Gasteiger partial charge is 0.272 e. The van der Waals surface area contributed by atoms with Crippen LogP contribution in [-0.2, 0) is 16.0 Å². The second-order valence-electron chi connectivity index (χ2n) is 7.66. The Morgan fingerprint density at radius 3 is 2.45 bits per heavy atom. The first-order valence-electron chi connectivity index (χ1n) is 10.8. The SMILES string of the molecule is C=CCN(C)C(=O)/C(N)=C(\SNc1ccc(CCN2CCCC2)cc1)N(CC)C(C)=O. The van der Waals surface area contributed by atoms with E-state index < -0.39 is 0 Å². The fourth-order valence-electron chi connectivity index (χ4n) is 3.48. The van der Waals surface area contributed by atoms with Gasteiger partial charge in [-0.15, -0.1) is 6.58 Å². The van der Waals surface area contributed by atoms with Gasteiger partial charge < -0.3 is 25.2 Å². The van der Waals surface area contributed by atoms with Gasteiger partial charge in [0.05, 0.1) is 0 Å². The minimum atomic E-state index is -0.346. The van der Waals surface area contributed by atoms with Gasteiger partial charge in [0.25, 0.3) is 5.91 Å². The predicted octanol–water partition coefficient (Wildman–Crippen LogP) is 3.03. The van der Waals surface area contributed by atoms with Crippen LogP contribution in [0.5, 0.6) is 0 Å². The van der Waals surface area contributed by atoms with Crippen LogP contribution >= 0.6 is 11.9 Å². The first-order chi connectivity index (χ1) is 14.9. The van der Waals surface area contributed by atoms with Gasteiger partial charge >= 0.3 is 0 Å². The minimum Gasteiger partial charge on any atom is -0.392 e. The lowest BCUT2D eigenvalue weighted by atomic mass is 10.1. The minimum absolute atomic E-state index is 0.0288. The zero-order valence-electron chi connectivity index (χ0n) is 18.9. The first kappa shape index (κ1) is 24.8. The lowest BCUT2D eigenvalue weighted by Crippen LogP contribution is -2.36. The fourth-order valence-corrected chi connectivity index (χ4v) is 4.39. The molecular formula is C23H35N5O2S. The van der Waals surface area contributed by atoms with Crippen molar-refractivity contribution in [1.82, 2.24) is 14.7 Å². The number of likely N-dealkylation sites (tertiary alicyclic amines) is 1. The van der Waals surface area contributed by atoms with Crippen molar-refractivity contribution in [3.8, 4) is 0 Å². The summed E-state index contributed by atoms with van der Waals surface area (Å²) in [5, 5.41) is 0.397. The molecule has 8 heteroatoms.